The van der Waals surface area contributed by atoms with Crippen molar-refractivity contribution in [2.45, 2.75) is 33.3 Å². The molecule has 0 aliphatic carbocycles. The number of hydrogen-bond donors (Lipinski definition) is 1. The zero-order valence-electron chi connectivity index (χ0n) is 15.8. The van der Waals surface area contributed by atoms with Gasteiger partial charge in [0, 0.05) is 6.21 Å². The Kier molecular flexibility index (Phi) is 5.06. The molecule has 0 saturated heterocycles. The molecule has 26 heavy (non-hydrogen) atoms. The second kappa shape index (κ2) is 7.27. The number of aryl methyl sites for hydroxylation is 4. The van der Waals surface area contributed by atoms with Crippen LogP contribution in [-0.2, 0) is 5.60 Å². The van der Waals surface area contributed by atoms with Crippen molar-refractivity contribution in [3.63, 3.8) is 0 Å². The monoisotopic (exact) mass is 343 g/mol. The third-order valence-electron chi connectivity index (χ3n) is 4.80. The normalized spacial score (nSPS) is 11.9. The number of nitrogens with zero attached hydrogens (tertiary/aromatic N) is 1. The maximum Gasteiger partial charge on any atom is 0.150 e. The van der Waals surface area contributed by atoms with Crippen LogP contribution in [0.1, 0.15) is 33.4 Å². The van der Waals surface area contributed by atoms with Gasteiger partial charge >= 0.3 is 0 Å². The summed E-state index contributed by atoms with van der Waals surface area (Å²) in [7, 11) is 0. The molecular formula is C24H25NO. The van der Waals surface area contributed by atoms with E-state index in [-0.39, 0.29) is 0 Å². The molecule has 2 heteroatoms. The van der Waals surface area contributed by atoms with Crippen LogP contribution in [0.5, 0.6) is 0 Å². The molecule has 0 fully saturated rings. The van der Waals surface area contributed by atoms with E-state index in [1.165, 1.54) is 0 Å². The van der Waals surface area contributed by atoms with E-state index >= 15 is 0 Å². The molecule has 0 saturated carbocycles. The average molecular weight is 343 g/mol. The standard InChI is InChI=1S/C24H25NO/c1-17-8-12-21(13-9-17)24(26,22-14-10-18(2)11-15-22)16-25-23-19(3)6-5-7-20(23)4/h5-16,26H,1-4H3. The van der Waals surface area contributed by atoms with Crippen LogP contribution >= 0.6 is 0 Å². The molecule has 0 radical (unpaired) electrons. The fourth-order valence-corrected chi connectivity index (χ4v) is 3.10. The van der Waals surface area contributed by atoms with Gasteiger partial charge in [-0.1, -0.05) is 77.9 Å². The minimum absolute atomic E-state index is 0.807. The van der Waals surface area contributed by atoms with E-state index < -0.39 is 5.60 Å². The summed E-state index contributed by atoms with van der Waals surface area (Å²) >= 11 is 0. The minimum atomic E-state index is -1.28. The number of para-hydroxylation sites is 1. The van der Waals surface area contributed by atoms with Gasteiger partial charge in [0.2, 0.25) is 0 Å². The van der Waals surface area contributed by atoms with Gasteiger partial charge in [-0.2, -0.15) is 0 Å². The Hall–Kier alpha value is -2.71. The highest BCUT2D eigenvalue weighted by Gasteiger charge is 2.29. The molecular weight excluding hydrogens is 318 g/mol. The van der Waals surface area contributed by atoms with Gasteiger partial charge < -0.3 is 5.11 Å². The lowest BCUT2D eigenvalue weighted by molar-refractivity contribution is 0.161. The van der Waals surface area contributed by atoms with E-state index in [9.17, 15) is 5.11 Å². The van der Waals surface area contributed by atoms with Gasteiger partial charge in [0.1, 0.15) is 0 Å². The van der Waals surface area contributed by atoms with E-state index in [1.807, 2.05) is 94.4 Å². The van der Waals surface area contributed by atoms with Gasteiger partial charge in [-0.15, -0.1) is 0 Å². The fourth-order valence-electron chi connectivity index (χ4n) is 3.10. The third-order valence-corrected chi connectivity index (χ3v) is 4.80. The summed E-state index contributed by atoms with van der Waals surface area (Å²) in [6.45, 7) is 8.16. The molecule has 0 aromatic heterocycles. The Morgan fingerprint density at radius 1 is 0.692 bits per heavy atom. The Labute approximate surface area is 155 Å². The molecule has 0 heterocycles. The SMILES string of the molecule is Cc1ccc(C(O)(C=Nc2c(C)cccc2C)c2ccc(C)cc2)cc1. The zero-order valence-corrected chi connectivity index (χ0v) is 15.8. The molecule has 0 bridgehead atoms. The lowest BCUT2D eigenvalue weighted by Gasteiger charge is -2.25. The van der Waals surface area contributed by atoms with Crippen LogP contribution in [0.4, 0.5) is 5.69 Å². The first kappa shape index (κ1) is 18.1. The molecule has 3 rings (SSSR count). The van der Waals surface area contributed by atoms with Crippen LogP contribution < -0.4 is 0 Å². The molecule has 1 N–H and O–H groups in total. The molecule has 3 aromatic carbocycles. The quantitative estimate of drug-likeness (QED) is 0.618. The van der Waals surface area contributed by atoms with Gasteiger partial charge in [-0.25, -0.2) is 0 Å². The molecule has 132 valence electrons. The fraction of sp³-hybridized carbons (Fsp3) is 0.208. The van der Waals surface area contributed by atoms with Crippen LogP contribution in [0, 0.1) is 27.7 Å². The van der Waals surface area contributed by atoms with Gasteiger partial charge in [0.15, 0.2) is 5.60 Å². The lowest BCUT2D eigenvalue weighted by atomic mass is 9.86. The summed E-state index contributed by atoms with van der Waals surface area (Å²) in [5.41, 5.74) is 5.75. The van der Waals surface area contributed by atoms with Crippen molar-refractivity contribution in [1.29, 1.82) is 0 Å². The predicted molar refractivity (Wildman–Crippen MR) is 109 cm³/mol. The predicted octanol–water partition coefficient (Wildman–Crippen LogP) is 5.56. The van der Waals surface area contributed by atoms with E-state index in [4.69, 9.17) is 4.99 Å². The van der Waals surface area contributed by atoms with Crippen molar-refractivity contribution < 1.29 is 5.11 Å². The van der Waals surface area contributed by atoms with Crippen LogP contribution in [0.25, 0.3) is 0 Å². The number of hydrogen-bond acceptors (Lipinski definition) is 2. The first-order valence-electron chi connectivity index (χ1n) is 8.88. The number of aliphatic imine (C=N–C) groups is 1. The Balaban J connectivity index is 2.13. The zero-order chi connectivity index (χ0) is 18.7. The van der Waals surface area contributed by atoms with Crippen LogP contribution in [-0.4, -0.2) is 11.3 Å². The summed E-state index contributed by atoms with van der Waals surface area (Å²) in [5, 5.41) is 11.6. The molecule has 0 atom stereocenters. The molecule has 3 aromatic rings. The maximum absolute atomic E-state index is 11.6. The second-order valence-corrected chi connectivity index (χ2v) is 7.00. The first-order valence-corrected chi connectivity index (χ1v) is 8.88. The van der Waals surface area contributed by atoms with E-state index in [0.717, 1.165) is 39.1 Å². The van der Waals surface area contributed by atoms with Crippen molar-refractivity contribution in [2.75, 3.05) is 0 Å². The highest BCUT2D eigenvalue weighted by atomic mass is 16.3. The van der Waals surface area contributed by atoms with Gasteiger partial charge in [0.25, 0.3) is 0 Å². The summed E-state index contributed by atoms with van der Waals surface area (Å²) in [6.07, 6.45) is 1.66. The maximum atomic E-state index is 11.6. The molecule has 0 aliphatic heterocycles. The highest BCUT2D eigenvalue weighted by molar-refractivity contribution is 5.80. The Bertz CT molecular complexity index is 856. The second-order valence-electron chi connectivity index (χ2n) is 7.00. The Morgan fingerprint density at radius 2 is 1.12 bits per heavy atom. The molecule has 0 spiro atoms. The van der Waals surface area contributed by atoms with Crippen molar-refractivity contribution in [2.24, 2.45) is 4.99 Å². The Morgan fingerprint density at radius 3 is 1.54 bits per heavy atom. The number of benzene rings is 3. The third kappa shape index (κ3) is 3.61. The van der Waals surface area contributed by atoms with Gasteiger partial charge in [0.05, 0.1) is 5.69 Å². The smallest absolute Gasteiger partial charge is 0.150 e. The number of rotatable bonds is 4. The first-order chi connectivity index (χ1) is 12.4. The van der Waals surface area contributed by atoms with Crippen LogP contribution in [0.2, 0.25) is 0 Å². The highest BCUT2D eigenvalue weighted by Crippen LogP contribution is 2.31. The molecule has 2 nitrogen and oxygen atoms in total. The van der Waals surface area contributed by atoms with Crippen LogP contribution in [0.3, 0.4) is 0 Å². The largest absolute Gasteiger partial charge is 0.375 e. The summed E-state index contributed by atoms with van der Waals surface area (Å²) in [6, 6.07) is 22.0. The molecule has 0 amide bonds. The average Bonchev–Trinajstić information content (AvgIpc) is 2.62. The number of aliphatic hydroxyl groups is 1. The van der Waals surface area contributed by atoms with Crippen molar-refractivity contribution in [3.05, 3.63) is 100 Å². The van der Waals surface area contributed by atoms with Gasteiger partial charge in [-0.3, -0.25) is 4.99 Å². The van der Waals surface area contributed by atoms with E-state index in [1.54, 1.807) is 6.21 Å². The van der Waals surface area contributed by atoms with Gasteiger partial charge in [-0.05, 0) is 49.9 Å². The van der Waals surface area contributed by atoms with E-state index in [0.29, 0.717) is 0 Å². The van der Waals surface area contributed by atoms with Crippen molar-refractivity contribution in [3.8, 4) is 0 Å². The van der Waals surface area contributed by atoms with Crippen LogP contribution in [0.15, 0.2) is 71.7 Å². The summed E-state index contributed by atoms with van der Waals surface area (Å²) in [4.78, 5) is 4.70. The summed E-state index contributed by atoms with van der Waals surface area (Å²) < 4.78 is 0. The van der Waals surface area contributed by atoms with E-state index in [2.05, 4.69) is 0 Å². The molecule has 0 aliphatic rings. The van der Waals surface area contributed by atoms with Crippen molar-refractivity contribution >= 4 is 11.9 Å². The lowest BCUT2D eigenvalue weighted by Crippen LogP contribution is -2.29. The summed E-state index contributed by atoms with van der Waals surface area (Å²) in [5.74, 6) is 0. The minimum Gasteiger partial charge on any atom is -0.375 e. The topological polar surface area (TPSA) is 32.6 Å². The molecule has 0 unspecified atom stereocenters. The van der Waals surface area contributed by atoms with Crippen molar-refractivity contribution in [1.82, 2.24) is 0 Å².